The molecule has 0 saturated carbocycles. The Kier molecular flexibility index (Phi) is 53.0. The first-order valence-electron chi connectivity index (χ1n) is 35.1. The lowest BCUT2D eigenvalue weighted by atomic mass is 9.91. The normalized spacial score (nSPS) is 15.4. The van der Waals surface area contributed by atoms with Crippen LogP contribution in [0.2, 0.25) is 0 Å². The number of hydrogen-bond acceptors (Lipinski definition) is 9. The van der Waals surface area contributed by atoms with Crippen LogP contribution < -0.4 is 0 Å². The number of carboxylic acid groups (broad SMARTS) is 1. The summed E-state index contributed by atoms with van der Waals surface area (Å²) in [5.41, 5.74) is 0. The van der Waals surface area contributed by atoms with Crippen molar-refractivity contribution >= 4 is 23.9 Å². The molecule has 1 N–H and O–H groups in total. The first-order chi connectivity index (χ1) is 39.0. The van der Waals surface area contributed by atoms with Gasteiger partial charge in [0.25, 0.3) is 0 Å². The van der Waals surface area contributed by atoms with Crippen LogP contribution in [-0.2, 0) is 33.4 Å². The second kappa shape index (κ2) is 56.0. The molecule has 0 aliphatic carbocycles. The van der Waals surface area contributed by atoms with Gasteiger partial charge in [0, 0.05) is 12.8 Å². The molecule has 472 valence electrons. The number of hydrogen-bond donors (Lipinski definition) is 1. The number of carbonyl (C=O) groups is 4. The monoisotopic (exact) mass is 1130 g/mol. The van der Waals surface area contributed by atoms with Gasteiger partial charge in [-0.15, -0.1) is 0 Å². The third kappa shape index (κ3) is 47.2. The predicted molar refractivity (Wildman–Crippen MR) is 337 cm³/mol. The zero-order chi connectivity index (χ0) is 58.4. The largest absolute Gasteiger partial charge is 0.481 e. The van der Waals surface area contributed by atoms with E-state index < -0.39 is 5.97 Å². The molecule has 2 unspecified atom stereocenters. The summed E-state index contributed by atoms with van der Waals surface area (Å²) in [4.78, 5) is 52.8. The number of nitrogens with zero attached hydrogens (tertiary/aromatic N) is 2. The third-order valence-corrected chi connectivity index (χ3v) is 17.9. The van der Waals surface area contributed by atoms with E-state index in [1.165, 1.54) is 225 Å². The molecule has 2 aliphatic heterocycles. The van der Waals surface area contributed by atoms with Gasteiger partial charge in [0.2, 0.25) is 0 Å². The maximum atomic E-state index is 12.8. The molecular weight excluding hydrogens is 997 g/mol. The number of likely N-dealkylation sites (tertiary alicyclic amines) is 2. The van der Waals surface area contributed by atoms with E-state index in [1.54, 1.807) is 0 Å². The zero-order valence-corrected chi connectivity index (χ0v) is 54.0. The van der Waals surface area contributed by atoms with E-state index in [-0.39, 0.29) is 29.7 Å². The lowest BCUT2D eigenvalue weighted by Crippen LogP contribution is -2.34. The van der Waals surface area contributed by atoms with Crippen LogP contribution in [0.5, 0.6) is 0 Å². The number of piperidine rings is 2. The molecule has 2 fully saturated rings. The highest BCUT2D eigenvalue weighted by atomic mass is 16.5. The zero-order valence-electron chi connectivity index (χ0n) is 54.0. The van der Waals surface area contributed by atoms with Crippen LogP contribution in [0.1, 0.15) is 336 Å². The number of esters is 3. The summed E-state index contributed by atoms with van der Waals surface area (Å²) in [6.07, 6.45) is 57.0. The van der Waals surface area contributed by atoms with Crippen molar-refractivity contribution in [3.05, 3.63) is 0 Å². The van der Waals surface area contributed by atoms with Gasteiger partial charge in [0.05, 0.1) is 31.7 Å². The van der Waals surface area contributed by atoms with Crippen molar-refractivity contribution in [1.82, 2.24) is 9.80 Å². The van der Waals surface area contributed by atoms with Gasteiger partial charge in [-0.05, 0) is 135 Å². The van der Waals surface area contributed by atoms with Crippen LogP contribution in [0.3, 0.4) is 0 Å². The maximum Gasteiger partial charge on any atom is 0.309 e. The van der Waals surface area contributed by atoms with Crippen molar-refractivity contribution in [2.24, 2.45) is 29.6 Å². The Hall–Kier alpha value is -2.20. The molecule has 80 heavy (non-hydrogen) atoms. The summed E-state index contributed by atoms with van der Waals surface area (Å²) in [5.74, 6) is 1.39. The van der Waals surface area contributed by atoms with Crippen molar-refractivity contribution in [2.75, 3.05) is 60.1 Å². The SMILES string of the molecule is CCCCCCCCCCC(CCCCCCCCC(=O)O)COC(=O)C1CCN(C)CC1.CCCCCCCCCCC(CCCCCCCCC(=O)OCCCC(CCCCC)CCCCC)COC(=O)C1CCN(C)CC1. The molecule has 0 spiro atoms. The van der Waals surface area contributed by atoms with Gasteiger partial charge in [-0.3, -0.25) is 19.2 Å². The van der Waals surface area contributed by atoms with Gasteiger partial charge < -0.3 is 29.1 Å². The van der Waals surface area contributed by atoms with Crippen LogP contribution in [0, 0.1) is 29.6 Å². The van der Waals surface area contributed by atoms with Gasteiger partial charge in [0.1, 0.15) is 0 Å². The highest BCUT2D eigenvalue weighted by Crippen LogP contribution is 2.26. The van der Waals surface area contributed by atoms with Crippen molar-refractivity contribution in [1.29, 1.82) is 0 Å². The molecule has 2 heterocycles. The number of carboxylic acids is 1. The smallest absolute Gasteiger partial charge is 0.309 e. The van der Waals surface area contributed by atoms with Crippen LogP contribution in [0.25, 0.3) is 0 Å². The Balaban J connectivity index is 0.000000851. The lowest BCUT2D eigenvalue weighted by molar-refractivity contribution is -0.152. The predicted octanol–water partition coefficient (Wildman–Crippen LogP) is 19.5. The molecule has 0 amide bonds. The Morgan fingerprint density at radius 2 is 0.637 bits per heavy atom. The van der Waals surface area contributed by atoms with Crippen LogP contribution in [0.15, 0.2) is 0 Å². The fraction of sp³-hybridized carbons (Fsp3) is 0.943. The van der Waals surface area contributed by atoms with E-state index in [9.17, 15) is 19.2 Å². The number of aliphatic carboxylic acids is 1. The molecule has 0 aromatic carbocycles. The van der Waals surface area contributed by atoms with E-state index in [2.05, 4.69) is 51.6 Å². The maximum absolute atomic E-state index is 12.8. The summed E-state index contributed by atoms with van der Waals surface area (Å²) in [6.45, 7) is 14.9. The average Bonchev–Trinajstić information content (AvgIpc) is 3.45. The van der Waals surface area contributed by atoms with Gasteiger partial charge in [0.15, 0.2) is 0 Å². The number of carbonyl (C=O) groups excluding carboxylic acids is 3. The molecule has 0 aromatic heterocycles. The molecule has 0 radical (unpaired) electrons. The van der Waals surface area contributed by atoms with Crippen LogP contribution in [-0.4, -0.2) is 98.9 Å². The standard InChI is InChI=1S/C42H81NO4.C28H53NO4/c1-5-8-11-12-13-14-17-22-28-39(37-47-42(45)40-32-34-43(4)35-33-40)29-23-18-15-16-19-24-31-41(44)46-36-25-30-38(26-20-9-6-2)27-21-10-7-3;1-3-4-5-6-7-8-11-14-17-25(18-15-12-9-10-13-16-19-27(30)31)24-33-28(32)26-20-22-29(2)23-21-26/h38-40H,5-37H2,1-4H3;25-26H,3-24H2,1-2H3,(H,30,31). The quantitative estimate of drug-likeness (QED) is 0.0358. The van der Waals surface area contributed by atoms with Gasteiger partial charge in [-0.2, -0.15) is 0 Å². The molecule has 2 rings (SSSR count). The van der Waals surface area contributed by atoms with Crippen molar-refractivity contribution in [3.8, 4) is 0 Å². The molecule has 2 atom stereocenters. The van der Waals surface area contributed by atoms with E-state index >= 15 is 0 Å². The minimum absolute atomic E-state index is 0.00267. The summed E-state index contributed by atoms with van der Waals surface area (Å²) < 4.78 is 17.3. The first kappa shape index (κ1) is 75.8. The Morgan fingerprint density at radius 1 is 0.362 bits per heavy atom. The van der Waals surface area contributed by atoms with Gasteiger partial charge in [-0.25, -0.2) is 0 Å². The van der Waals surface area contributed by atoms with E-state index in [1.807, 2.05) is 0 Å². The lowest BCUT2D eigenvalue weighted by Gasteiger charge is -2.28. The van der Waals surface area contributed by atoms with Crippen molar-refractivity contribution < 1.29 is 38.5 Å². The highest BCUT2D eigenvalue weighted by Gasteiger charge is 2.27. The van der Waals surface area contributed by atoms with Crippen molar-refractivity contribution in [2.45, 2.75) is 336 Å². The minimum Gasteiger partial charge on any atom is -0.481 e. The van der Waals surface area contributed by atoms with E-state index in [0.29, 0.717) is 44.5 Å². The molecule has 0 bridgehead atoms. The third-order valence-electron chi connectivity index (χ3n) is 17.9. The van der Waals surface area contributed by atoms with Crippen LogP contribution in [0.4, 0.5) is 0 Å². The molecule has 10 heteroatoms. The summed E-state index contributed by atoms with van der Waals surface area (Å²) in [6, 6.07) is 0. The van der Waals surface area contributed by atoms with Gasteiger partial charge >= 0.3 is 23.9 Å². The van der Waals surface area contributed by atoms with E-state index in [4.69, 9.17) is 19.3 Å². The second-order valence-corrected chi connectivity index (χ2v) is 25.6. The molecule has 2 saturated heterocycles. The number of ether oxygens (including phenoxy) is 3. The first-order valence-corrected chi connectivity index (χ1v) is 35.1. The summed E-state index contributed by atoms with van der Waals surface area (Å²) in [5, 5.41) is 8.71. The van der Waals surface area contributed by atoms with Gasteiger partial charge in [-0.1, -0.05) is 246 Å². The minimum atomic E-state index is -0.686. The number of unbranched alkanes of at least 4 members (excludes halogenated alkanes) is 28. The molecule has 10 nitrogen and oxygen atoms in total. The Bertz CT molecular complexity index is 1390. The van der Waals surface area contributed by atoms with Crippen molar-refractivity contribution in [3.63, 3.8) is 0 Å². The molecule has 0 aromatic rings. The summed E-state index contributed by atoms with van der Waals surface area (Å²) in [7, 11) is 4.26. The fourth-order valence-electron chi connectivity index (χ4n) is 12.1. The summed E-state index contributed by atoms with van der Waals surface area (Å²) >= 11 is 0. The molecule has 2 aliphatic rings. The Labute approximate surface area is 495 Å². The fourth-order valence-corrected chi connectivity index (χ4v) is 12.1. The van der Waals surface area contributed by atoms with Crippen LogP contribution >= 0.6 is 0 Å². The number of rotatable bonds is 54. The van der Waals surface area contributed by atoms with E-state index in [0.717, 1.165) is 103 Å². The highest BCUT2D eigenvalue weighted by molar-refractivity contribution is 5.73. The Morgan fingerprint density at radius 3 is 0.988 bits per heavy atom. The molecular formula is C70H134N2O8. The average molecular weight is 1130 g/mol. The second-order valence-electron chi connectivity index (χ2n) is 25.6. The topological polar surface area (TPSA) is 123 Å².